The van der Waals surface area contributed by atoms with E-state index >= 15 is 0 Å². The number of carbonyl (C=O) groups excluding carboxylic acids is 1. The maximum absolute atomic E-state index is 12.4. The summed E-state index contributed by atoms with van der Waals surface area (Å²) in [5.74, 6) is 1.36. The Bertz CT molecular complexity index is 1090. The standard InChI is InChI=1S/C23H25ClN2O5/c1-5-14(3)30-22-18(24)9-15(10-20(22)28-4)13-25-26-23(27)21-12-16-11-17(29-6-2)7-8-19(16)31-21/h7-14H,5-6H2,1-4H3,(H,26,27)/b25-13+/t14-/m1/s1. The highest BCUT2D eigenvalue weighted by Gasteiger charge is 2.15. The van der Waals surface area contributed by atoms with E-state index in [9.17, 15) is 4.79 Å². The number of fused-ring (bicyclic) bond motifs is 1. The Morgan fingerprint density at radius 3 is 2.77 bits per heavy atom. The van der Waals surface area contributed by atoms with Crippen LogP contribution < -0.4 is 19.6 Å². The average molecular weight is 445 g/mol. The molecule has 0 saturated heterocycles. The molecule has 0 radical (unpaired) electrons. The van der Waals surface area contributed by atoms with Gasteiger partial charge in [-0.05, 0) is 62.2 Å². The van der Waals surface area contributed by atoms with Crippen LogP contribution in [0.3, 0.4) is 0 Å². The number of hydrogen-bond acceptors (Lipinski definition) is 6. The van der Waals surface area contributed by atoms with E-state index in [1.54, 1.807) is 30.3 Å². The number of nitrogens with one attached hydrogen (secondary N) is 1. The minimum absolute atomic E-state index is 0.00127. The van der Waals surface area contributed by atoms with Crippen molar-refractivity contribution in [2.45, 2.75) is 33.3 Å². The number of amides is 1. The van der Waals surface area contributed by atoms with Crippen molar-refractivity contribution in [2.24, 2.45) is 5.10 Å². The highest BCUT2D eigenvalue weighted by molar-refractivity contribution is 6.32. The topological polar surface area (TPSA) is 82.3 Å². The van der Waals surface area contributed by atoms with Gasteiger partial charge in [0.1, 0.15) is 11.3 Å². The number of halogens is 1. The predicted molar refractivity (Wildman–Crippen MR) is 121 cm³/mol. The second kappa shape index (κ2) is 10.2. The second-order valence-electron chi connectivity index (χ2n) is 6.81. The maximum atomic E-state index is 12.4. The molecule has 1 aromatic heterocycles. The summed E-state index contributed by atoms with van der Waals surface area (Å²) in [5, 5.41) is 5.16. The first-order chi connectivity index (χ1) is 14.9. The third-order valence-electron chi connectivity index (χ3n) is 4.55. The van der Waals surface area contributed by atoms with E-state index < -0.39 is 5.91 Å². The molecule has 0 aliphatic heterocycles. The lowest BCUT2D eigenvalue weighted by Crippen LogP contribution is -2.16. The molecule has 0 bridgehead atoms. The Balaban J connectivity index is 1.71. The minimum atomic E-state index is -0.472. The Labute approximate surface area is 185 Å². The van der Waals surface area contributed by atoms with E-state index in [1.165, 1.54) is 13.3 Å². The van der Waals surface area contributed by atoms with Gasteiger partial charge in [-0.3, -0.25) is 4.79 Å². The van der Waals surface area contributed by atoms with Crippen LogP contribution in [0.1, 0.15) is 43.3 Å². The Hall–Kier alpha value is -3.19. The zero-order chi connectivity index (χ0) is 22.4. The number of rotatable bonds is 9. The lowest BCUT2D eigenvalue weighted by molar-refractivity contribution is 0.0929. The molecule has 0 unspecified atom stereocenters. The Morgan fingerprint density at radius 2 is 2.06 bits per heavy atom. The van der Waals surface area contributed by atoms with Crippen LogP contribution in [0.15, 0.2) is 45.9 Å². The van der Waals surface area contributed by atoms with Crippen LogP contribution in [0.2, 0.25) is 5.02 Å². The average Bonchev–Trinajstić information content (AvgIpc) is 3.19. The number of hydrazone groups is 1. The van der Waals surface area contributed by atoms with E-state index in [0.717, 1.165) is 11.8 Å². The van der Waals surface area contributed by atoms with E-state index in [1.807, 2.05) is 26.8 Å². The Kier molecular flexibility index (Phi) is 7.41. The molecule has 1 heterocycles. The fourth-order valence-corrected chi connectivity index (χ4v) is 3.09. The van der Waals surface area contributed by atoms with Gasteiger partial charge in [0, 0.05) is 5.39 Å². The minimum Gasteiger partial charge on any atom is -0.494 e. The lowest BCUT2D eigenvalue weighted by Gasteiger charge is -2.17. The molecule has 0 aliphatic carbocycles. The van der Waals surface area contributed by atoms with Crippen LogP contribution in [-0.2, 0) is 0 Å². The zero-order valence-electron chi connectivity index (χ0n) is 17.9. The first-order valence-electron chi connectivity index (χ1n) is 9.99. The number of ether oxygens (including phenoxy) is 3. The summed E-state index contributed by atoms with van der Waals surface area (Å²) >= 11 is 6.35. The smallest absolute Gasteiger partial charge is 0.307 e. The maximum Gasteiger partial charge on any atom is 0.307 e. The summed E-state index contributed by atoms with van der Waals surface area (Å²) in [7, 11) is 1.54. The number of benzene rings is 2. The molecular weight excluding hydrogens is 420 g/mol. The molecule has 0 saturated carbocycles. The van der Waals surface area contributed by atoms with Crippen molar-refractivity contribution in [1.29, 1.82) is 0 Å². The molecule has 2 aromatic carbocycles. The van der Waals surface area contributed by atoms with E-state index in [2.05, 4.69) is 10.5 Å². The lowest BCUT2D eigenvalue weighted by atomic mass is 10.2. The molecule has 7 nitrogen and oxygen atoms in total. The first kappa shape index (κ1) is 22.5. The fourth-order valence-electron chi connectivity index (χ4n) is 2.82. The summed E-state index contributed by atoms with van der Waals surface area (Å²) in [6, 6.07) is 10.4. The number of hydrogen-bond donors (Lipinski definition) is 1. The fraction of sp³-hybridized carbons (Fsp3) is 0.304. The van der Waals surface area contributed by atoms with Crippen molar-refractivity contribution >= 4 is 34.7 Å². The van der Waals surface area contributed by atoms with Gasteiger partial charge in [0.15, 0.2) is 17.3 Å². The molecular formula is C23H25ClN2O5. The summed E-state index contributed by atoms with van der Waals surface area (Å²) in [6.07, 6.45) is 2.30. The number of carbonyl (C=O) groups is 1. The van der Waals surface area contributed by atoms with Crippen molar-refractivity contribution in [3.8, 4) is 17.2 Å². The number of furan rings is 1. The summed E-state index contributed by atoms with van der Waals surface area (Å²) < 4.78 is 22.3. The van der Waals surface area contributed by atoms with Gasteiger partial charge in [-0.1, -0.05) is 18.5 Å². The van der Waals surface area contributed by atoms with Crippen molar-refractivity contribution in [3.05, 3.63) is 52.7 Å². The Morgan fingerprint density at radius 1 is 1.26 bits per heavy atom. The van der Waals surface area contributed by atoms with Gasteiger partial charge in [-0.15, -0.1) is 0 Å². The van der Waals surface area contributed by atoms with E-state index in [-0.39, 0.29) is 11.9 Å². The first-order valence-corrected chi connectivity index (χ1v) is 10.4. The number of methoxy groups -OCH3 is 1. The molecule has 1 amide bonds. The molecule has 3 rings (SSSR count). The van der Waals surface area contributed by atoms with Crippen LogP contribution in [0.5, 0.6) is 17.2 Å². The second-order valence-corrected chi connectivity index (χ2v) is 7.22. The third-order valence-corrected chi connectivity index (χ3v) is 4.83. The molecule has 3 aromatic rings. The van der Waals surface area contributed by atoms with Crippen molar-refractivity contribution in [2.75, 3.05) is 13.7 Å². The SMILES string of the molecule is CCOc1ccc2oc(C(=O)N/N=C/c3cc(Cl)c(O[C@H](C)CC)c(OC)c3)cc2c1. The van der Waals surface area contributed by atoms with Gasteiger partial charge in [0.05, 0.1) is 31.1 Å². The monoisotopic (exact) mass is 444 g/mol. The van der Waals surface area contributed by atoms with Crippen LogP contribution in [-0.4, -0.2) is 31.9 Å². The van der Waals surface area contributed by atoms with E-state index in [0.29, 0.717) is 40.0 Å². The summed E-state index contributed by atoms with van der Waals surface area (Å²) in [6.45, 7) is 6.45. The normalized spacial score (nSPS) is 12.2. The van der Waals surface area contributed by atoms with Gasteiger partial charge >= 0.3 is 5.91 Å². The van der Waals surface area contributed by atoms with Crippen LogP contribution in [0.4, 0.5) is 0 Å². The molecule has 0 spiro atoms. The quantitative estimate of drug-likeness (QED) is 0.351. The molecule has 0 fully saturated rings. The third kappa shape index (κ3) is 5.49. The zero-order valence-corrected chi connectivity index (χ0v) is 18.7. The molecule has 1 atom stereocenters. The number of nitrogens with zero attached hydrogens (tertiary/aromatic N) is 1. The largest absolute Gasteiger partial charge is 0.494 e. The molecule has 1 N–H and O–H groups in total. The highest BCUT2D eigenvalue weighted by atomic mass is 35.5. The van der Waals surface area contributed by atoms with Crippen LogP contribution >= 0.6 is 11.6 Å². The van der Waals surface area contributed by atoms with Crippen molar-refractivity contribution in [3.63, 3.8) is 0 Å². The summed E-state index contributed by atoms with van der Waals surface area (Å²) in [5.41, 5.74) is 3.68. The molecule has 164 valence electrons. The predicted octanol–water partition coefficient (Wildman–Crippen LogP) is 5.43. The molecule has 31 heavy (non-hydrogen) atoms. The van der Waals surface area contributed by atoms with Crippen LogP contribution in [0.25, 0.3) is 11.0 Å². The van der Waals surface area contributed by atoms with Gasteiger partial charge in [-0.2, -0.15) is 5.10 Å². The summed E-state index contributed by atoms with van der Waals surface area (Å²) in [4.78, 5) is 12.4. The van der Waals surface area contributed by atoms with Gasteiger partial charge < -0.3 is 18.6 Å². The van der Waals surface area contributed by atoms with Crippen molar-refractivity contribution in [1.82, 2.24) is 5.43 Å². The van der Waals surface area contributed by atoms with Gasteiger partial charge in [0.2, 0.25) is 0 Å². The van der Waals surface area contributed by atoms with Gasteiger partial charge in [-0.25, -0.2) is 5.43 Å². The highest BCUT2D eigenvalue weighted by Crippen LogP contribution is 2.37. The van der Waals surface area contributed by atoms with Gasteiger partial charge in [0.25, 0.3) is 0 Å². The molecule has 8 heteroatoms. The van der Waals surface area contributed by atoms with E-state index in [4.69, 9.17) is 30.2 Å². The van der Waals surface area contributed by atoms with Crippen LogP contribution in [0, 0.1) is 0 Å². The van der Waals surface area contributed by atoms with Crippen molar-refractivity contribution < 1.29 is 23.4 Å². The molecule has 0 aliphatic rings.